The number of phenols is 1. The monoisotopic (exact) mass is 561 g/mol. The topological polar surface area (TPSA) is 92.8 Å². The van der Waals surface area contributed by atoms with E-state index in [0.717, 1.165) is 59.5 Å². The summed E-state index contributed by atoms with van der Waals surface area (Å²) in [5, 5.41) is 18.7. The average Bonchev–Trinajstić information content (AvgIpc) is 2.85. The van der Waals surface area contributed by atoms with Gasteiger partial charge in [0.2, 0.25) is 0 Å². The SMILES string of the molecule is CC(C)CC(N)C(=O)O.Cc1c(C)c2c(c(C)c1O)CC[C@@](C)(CCC[C@H](C)CCC[C@H](C)CCCC(C)C)O2. The fraction of sp³-hybridized carbons (Fsp3) is 0.800. The summed E-state index contributed by atoms with van der Waals surface area (Å²) in [6.07, 6.45) is 14.6. The first-order valence-electron chi connectivity index (χ1n) is 16.1. The highest BCUT2D eigenvalue weighted by molar-refractivity contribution is 5.73. The van der Waals surface area contributed by atoms with Crippen molar-refractivity contribution < 1.29 is 19.7 Å². The van der Waals surface area contributed by atoms with E-state index < -0.39 is 12.0 Å². The Morgan fingerprint density at radius 2 is 1.38 bits per heavy atom. The predicted molar refractivity (Wildman–Crippen MR) is 169 cm³/mol. The number of ether oxygens (including phenoxy) is 1. The van der Waals surface area contributed by atoms with Gasteiger partial charge in [0.25, 0.3) is 0 Å². The van der Waals surface area contributed by atoms with E-state index >= 15 is 0 Å². The van der Waals surface area contributed by atoms with Crippen LogP contribution < -0.4 is 10.5 Å². The van der Waals surface area contributed by atoms with Gasteiger partial charge in [-0.05, 0) is 100 Å². The van der Waals surface area contributed by atoms with Gasteiger partial charge in [0.05, 0.1) is 0 Å². The van der Waals surface area contributed by atoms with Crippen LogP contribution in [0.1, 0.15) is 141 Å². The molecule has 1 aromatic rings. The van der Waals surface area contributed by atoms with E-state index in [2.05, 4.69) is 41.5 Å². The van der Waals surface area contributed by atoms with E-state index in [-0.39, 0.29) is 5.60 Å². The van der Waals surface area contributed by atoms with Crippen LogP contribution in [-0.2, 0) is 11.2 Å². The maximum atomic E-state index is 10.4. The largest absolute Gasteiger partial charge is 0.507 e. The van der Waals surface area contributed by atoms with Gasteiger partial charge in [0, 0.05) is 5.56 Å². The molecule has 0 spiro atoms. The van der Waals surface area contributed by atoms with Crippen molar-refractivity contribution in [3.05, 3.63) is 22.3 Å². The third-order valence-corrected chi connectivity index (χ3v) is 8.91. The number of aliphatic carboxylic acids is 1. The van der Waals surface area contributed by atoms with Gasteiger partial charge in [-0.1, -0.05) is 86.5 Å². The zero-order valence-electron chi connectivity index (χ0n) is 27.7. The number of benzene rings is 1. The van der Waals surface area contributed by atoms with Crippen LogP contribution in [0.4, 0.5) is 0 Å². The lowest BCUT2D eigenvalue weighted by Crippen LogP contribution is -2.37. The molecule has 4 N–H and O–H groups in total. The molecular formula is C35H63NO4. The maximum absolute atomic E-state index is 10.4. The molecule has 232 valence electrons. The highest BCUT2D eigenvalue weighted by atomic mass is 16.5. The van der Waals surface area contributed by atoms with Crippen molar-refractivity contribution >= 4 is 5.97 Å². The number of nitrogens with two attached hydrogens (primary N) is 1. The van der Waals surface area contributed by atoms with Crippen LogP contribution >= 0.6 is 0 Å². The fourth-order valence-electron chi connectivity index (χ4n) is 5.88. The lowest BCUT2D eigenvalue weighted by molar-refractivity contribution is -0.138. The van der Waals surface area contributed by atoms with E-state index in [0.29, 0.717) is 18.1 Å². The van der Waals surface area contributed by atoms with E-state index in [9.17, 15) is 9.90 Å². The minimum Gasteiger partial charge on any atom is -0.507 e. The van der Waals surface area contributed by atoms with Gasteiger partial charge in [-0.2, -0.15) is 0 Å². The van der Waals surface area contributed by atoms with Crippen molar-refractivity contribution in [2.45, 2.75) is 158 Å². The van der Waals surface area contributed by atoms with Gasteiger partial charge in [-0.3, -0.25) is 4.79 Å². The third kappa shape index (κ3) is 12.4. The molecule has 1 aliphatic heterocycles. The molecular weight excluding hydrogens is 498 g/mol. The summed E-state index contributed by atoms with van der Waals surface area (Å²) in [6, 6.07) is -0.690. The Kier molecular flexibility index (Phi) is 15.7. The van der Waals surface area contributed by atoms with Crippen LogP contribution in [0.25, 0.3) is 0 Å². The first-order chi connectivity index (χ1) is 18.6. The molecule has 1 unspecified atom stereocenters. The fourth-order valence-corrected chi connectivity index (χ4v) is 5.88. The molecule has 0 amide bonds. The summed E-state index contributed by atoms with van der Waals surface area (Å²) in [5.41, 5.74) is 9.45. The Morgan fingerprint density at radius 1 is 0.850 bits per heavy atom. The highest BCUT2D eigenvalue weighted by Gasteiger charge is 2.34. The van der Waals surface area contributed by atoms with Gasteiger partial charge in [0.15, 0.2) is 0 Å². The second-order valence-electron chi connectivity index (χ2n) is 14.0. The van der Waals surface area contributed by atoms with Crippen LogP contribution in [-0.4, -0.2) is 27.8 Å². The minimum absolute atomic E-state index is 0.0712. The number of carboxylic acid groups (broad SMARTS) is 1. The highest BCUT2D eigenvalue weighted by Crippen LogP contribution is 2.44. The standard InChI is InChI=1S/C29H50O2.C6H13NO2/c1-20(2)12-9-13-21(3)14-10-15-22(4)16-11-18-29(8)19-17-26-25(7)27(30)23(5)24(6)28(26)31-29;1-4(2)3-5(7)6(8)9/h20-22,30H,9-19H2,1-8H3;4-5H,3,7H2,1-2H3,(H,8,9)/t21-,22-,29-;/m1./s1. The molecule has 1 aliphatic rings. The minimum atomic E-state index is -0.913. The van der Waals surface area contributed by atoms with E-state index in [1.54, 1.807) is 0 Å². The molecule has 4 atom stereocenters. The number of fused-ring (bicyclic) bond motifs is 1. The number of carbonyl (C=O) groups is 1. The molecule has 5 nitrogen and oxygen atoms in total. The van der Waals surface area contributed by atoms with Crippen molar-refractivity contribution in [1.29, 1.82) is 0 Å². The van der Waals surface area contributed by atoms with E-state index in [1.165, 1.54) is 56.9 Å². The third-order valence-electron chi connectivity index (χ3n) is 8.91. The van der Waals surface area contributed by atoms with Crippen LogP contribution in [0.2, 0.25) is 0 Å². The van der Waals surface area contributed by atoms with E-state index in [4.69, 9.17) is 15.6 Å². The summed E-state index contributed by atoms with van der Waals surface area (Å²) < 4.78 is 6.60. The number of hydrogen-bond acceptors (Lipinski definition) is 4. The number of hydrogen-bond donors (Lipinski definition) is 3. The molecule has 1 aromatic carbocycles. The number of carboxylic acids is 1. The van der Waals surface area contributed by atoms with Crippen molar-refractivity contribution in [1.82, 2.24) is 0 Å². The zero-order valence-corrected chi connectivity index (χ0v) is 27.7. The Balaban J connectivity index is 0.000000763. The Morgan fingerprint density at radius 3 is 1.85 bits per heavy atom. The number of aromatic hydroxyl groups is 1. The maximum Gasteiger partial charge on any atom is 0.320 e. The van der Waals surface area contributed by atoms with Gasteiger partial charge in [-0.15, -0.1) is 0 Å². The smallest absolute Gasteiger partial charge is 0.320 e. The van der Waals surface area contributed by atoms with Crippen molar-refractivity contribution in [3.8, 4) is 11.5 Å². The molecule has 2 rings (SSSR count). The van der Waals surface area contributed by atoms with Gasteiger partial charge in [-0.25, -0.2) is 0 Å². The second kappa shape index (κ2) is 17.3. The summed E-state index contributed by atoms with van der Waals surface area (Å²) in [4.78, 5) is 10.1. The van der Waals surface area contributed by atoms with Crippen LogP contribution in [0.15, 0.2) is 0 Å². The lowest BCUT2D eigenvalue weighted by Gasteiger charge is -2.38. The summed E-state index contributed by atoms with van der Waals surface area (Å²) in [5.74, 6) is 3.48. The average molecular weight is 562 g/mol. The quantitative estimate of drug-likeness (QED) is 0.198. The summed E-state index contributed by atoms with van der Waals surface area (Å²) >= 11 is 0. The van der Waals surface area contributed by atoms with Crippen molar-refractivity contribution in [2.24, 2.45) is 29.4 Å². The second-order valence-corrected chi connectivity index (χ2v) is 14.0. The van der Waals surface area contributed by atoms with Gasteiger partial charge in [0.1, 0.15) is 23.1 Å². The molecule has 1 heterocycles. The summed E-state index contributed by atoms with van der Waals surface area (Å²) in [6.45, 7) is 21.8. The Hall–Kier alpha value is -1.75. The molecule has 0 aromatic heterocycles. The molecule has 0 saturated carbocycles. The van der Waals surface area contributed by atoms with Crippen molar-refractivity contribution in [3.63, 3.8) is 0 Å². The molecule has 0 fully saturated rings. The first-order valence-corrected chi connectivity index (χ1v) is 16.1. The van der Waals surface area contributed by atoms with Crippen LogP contribution in [0, 0.1) is 44.4 Å². The molecule has 5 heteroatoms. The normalized spacial score (nSPS) is 18.9. The zero-order chi connectivity index (χ0) is 30.6. The van der Waals surface area contributed by atoms with Crippen LogP contribution in [0.5, 0.6) is 11.5 Å². The molecule has 0 radical (unpaired) electrons. The molecule has 0 bridgehead atoms. The van der Waals surface area contributed by atoms with Gasteiger partial charge < -0.3 is 20.7 Å². The van der Waals surface area contributed by atoms with Gasteiger partial charge >= 0.3 is 5.97 Å². The Labute approximate surface area is 246 Å². The molecule has 40 heavy (non-hydrogen) atoms. The Bertz CT molecular complexity index is 909. The summed E-state index contributed by atoms with van der Waals surface area (Å²) in [7, 11) is 0. The van der Waals surface area contributed by atoms with Crippen LogP contribution in [0.3, 0.4) is 0 Å². The van der Waals surface area contributed by atoms with E-state index in [1.807, 2.05) is 27.7 Å². The van der Waals surface area contributed by atoms with Crippen molar-refractivity contribution in [2.75, 3.05) is 0 Å². The first kappa shape index (κ1) is 36.3. The lowest BCUT2D eigenvalue weighted by atomic mass is 9.84. The predicted octanol–water partition coefficient (Wildman–Crippen LogP) is 9.28. The molecule has 0 saturated heterocycles. The molecule has 0 aliphatic carbocycles. The number of rotatable bonds is 15. The number of phenolic OH excluding ortho intramolecular Hbond substituents is 1.